The monoisotopic (exact) mass is 501 g/mol. The van der Waals surface area contributed by atoms with Crippen LogP contribution in [-0.2, 0) is 6.18 Å². The van der Waals surface area contributed by atoms with E-state index in [1.165, 1.54) is 43.6 Å². The van der Waals surface area contributed by atoms with E-state index in [2.05, 4.69) is 25.6 Å². The van der Waals surface area contributed by atoms with Crippen LogP contribution in [0.2, 0.25) is 0 Å². The quantitative estimate of drug-likeness (QED) is 0.212. The number of aromatic nitrogens is 3. The molecule has 0 saturated carbocycles. The van der Waals surface area contributed by atoms with Gasteiger partial charge in [0.2, 0.25) is 5.82 Å². The summed E-state index contributed by atoms with van der Waals surface area (Å²) in [4.78, 5) is 21.4. The number of ether oxygens (including phenoxy) is 1. The van der Waals surface area contributed by atoms with Crippen LogP contribution in [0.5, 0.6) is 11.5 Å². The number of nitrogens with one attached hydrogen (secondary N) is 3. The van der Waals surface area contributed by atoms with E-state index in [-0.39, 0.29) is 28.6 Å². The molecule has 0 fully saturated rings. The van der Waals surface area contributed by atoms with Gasteiger partial charge in [0.1, 0.15) is 28.7 Å². The minimum absolute atomic E-state index is 0.105. The number of amides is 1. The molecule has 2 heterocycles. The normalized spacial score (nSPS) is 12.2. The fourth-order valence-corrected chi connectivity index (χ4v) is 3.26. The van der Waals surface area contributed by atoms with Crippen molar-refractivity contribution < 1.29 is 32.2 Å². The smallest absolute Gasteiger partial charge is 0.449 e. The van der Waals surface area contributed by atoms with E-state index in [0.717, 1.165) is 12.1 Å². The van der Waals surface area contributed by atoms with Gasteiger partial charge in [-0.3, -0.25) is 9.78 Å². The topological polar surface area (TPSA) is 112 Å². The van der Waals surface area contributed by atoms with E-state index in [4.69, 9.17) is 4.74 Å². The summed E-state index contributed by atoms with van der Waals surface area (Å²) in [6.45, 7) is 0. The number of halogens is 4. The third kappa shape index (κ3) is 5.61. The zero-order valence-electron chi connectivity index (χ0n) is 18.6. The summed E-state index contributed by atoms with van der Waals surface area (Å²) < 4.78 is 58.8. The molecular formula is C24H19F4N5O3. The first kappa shape index (κ1) is 24.7. The molecule has 8 nitrogen and oxygen atoms in total. The van der Waals surface area contributed by atoms with Crippen molar-refractivity contribution in [1.29, 1.82) is 0 Å². The number of alkyl halides is 3. The number of benzene rings is 2. The van der Waals surface area contributed by atoms with Crippen molar-refractivity contribution in [1.82, 2.24) is 20.3 Å². The second-order valence-corrected chi connectivity index (χ2v) is 7.48. The van der Waals surface area contributed by atoms with Crippen LogP contribution in [0.25, 0.3) is 11.3 Å². The zero-order chi connectivity index (χ0) is 25.9. The van der Waals surface area contributed by atoms with E-state index in [1.54, 1.807) is 18.2 Å². The Morgan fingerprint density at radius 2 is 1.75 bits per heavy atom. The number of hydrogen-bond acceptors (Lipinski definition) is 6. The van der Waals surface area contributed by atoms with E-state index in [0.29, 0.717) is 17.2 Å². The summed E-state index contributed by atoms with van der Waals surface area (Å²) in [7, 11) is 1.48. The van der Waals surface area contributed by atoms with Crippen molar-refractivity contribution in [2.45, 2.75) is 12.4 Å². The predicted octanol–water partition coefficient (Wildman–Crippen LogP) is 4.88. The molecule has 4 rings (SSSR count). The number of carbonyl (C=O) groups is 1. The molecule has 0 aliphatic carbocycles. The maximum absolute atomic E-state index is 13.3. The minimum Gasteiger partial charge on any atom is -0.457 e. The highest BCUT2D eigenvalue weighted by molar-refractivity contribution is 5.92. The molecule has 12 heteroatoms. The number of carbonyl (C=O) groups excluding carboxylic acids is 1. The number of nitrogens with zero attached hydrogens (tertiary/aromatic N) is 2. The Hall–Kier alpha value is -4.45. The first-order valence-electron chi connectivity index (χ1n) is 10.5. The van der Waals surface area contributed by atoms with Gasteiger partial charge in [-0.05, 0) is 54.6 Å². The average Bonchev–Trinajstić information content (AvgIpc) is 3.32. The zero-order valence-corrected chi connectivity index (χ0v) is 18.6. The van der Waals surface area contributed by atoms with E-state index in [1.807, 2.05) is 0 Å². The third-order valence-electron chi connectivity index (χ3n) is 4.98. The van der Waals surface area contributed by atoms with Gasteiger partial charge in [0.15, 0.2) is 6.23 Å². The van der Waals surface area contributed by atoms with Gasteiger partial charge in [-0.2, -0.15) is 13.2 Å². The summed E-state index contributed by atoms with van der Waals surface area (Å²) in [6, 6.07) is 13.9. The number of aliphatic hydroxyl groups excluding tert-OH is 1. The summed E-state index contributed by atoms with van der Waals surface area (Å²) in [6.07, 6.45) is -4.99. The van der Waals surface area contributed by atoms with Crippen LogP contribution < -0.4 is 15.4 Å². The lowest BCUT2D eigenvalue weighted by Crippen LogP contribution is -2.18. The van der Waals surface area contributed by atoms with Crippen molar-refractivity contribution in [2.24, 2.45) is 0 Å². The van der Waals surface area contributed by atoms with Crippen molar-refractivity contribution in [2.75, 3.05) is 12.4 Å². The van der Waals surface area contributed by atoms with Gasteiger partial charge >= 0.3 is 6.18 Å². The maximum Gasteiger partial charge on any atom is 0.449 e. The largest absolute Gasteiger partial charge is 0.457 e. The molecular weight excluding hydrogens is 482 g/mol. The highest BCUT2D eigenvalue weighted by atomic mass is 19.4. The Balaban J connectivity index is 1.52. The molecule has 36 heavy (non-hydrogen) atoms. The fraction of sp³-hybridized carbons (Fsp3) is 0.125. The molecule has 1 amide bonds. The van der Waals surface area contributed by atoms with Crippen molar-refractivity contribution in [3.05, 3.63) is 89.9 Å². The number of imidazole rings is 1. The number of rotatable bonds is 7. The molecule has 1 atom stereocenters. The van der Waals surface area contributed by atoms with E-state index in [9.17, 15) is 27.5 Å². The molecule has 1 unspecified atom stereocenters. The van der Waals surface area contributed by atoms with Crippen LogP contribution in [0.3, 0.4) is 0 Å². The molecule has 0 bridgehead atoms. The Kier molecular flexibility index (Phi) is 6.88. The molecule has 0 saturated heterocycles. The highest BCUT2D eigenvalue weighted by Crippen LogP contribution is 2.34. The van der Waals surface area contributed by atoms with Gasteiger partial charge in [-0.15, -0.1) is 0 Å². The molecule has 0 aliphatic heterocycles. The van der Waals surface area contributed by atoms with Crippen molar-refractivity contribution >= 4 is 11.6 Å². The molecule has 2 aromatic heterocycles. The van der Waals surface area contributed by atoms with Crippen LogP contribution >= 0.6 is 0 Å². The number of aliphatic hydroxyl groups is 1. The van der Waals surface area contributed by atoms with Crippen LogP contribution in [0.1, 0.15) is 28.2 Å². The van der Waals surface area contributed by atoms with Crippen LogP contribution in [-0.4, -0.2) is 33.0 Å². The lowest BCUT2D eigenvalue weighted by molar-refractivity contribution is -0.144. The molecule has 2 aromatic carbocycles. The Morgan fingerprint density at radius 3 is 2.39 bits per heavy atom. The van der Waals surface area contributed by atoms with Gasteiger partial charge in [-0.1, -0.05) is 0 Å². The Labute approximate surface area is 202 Å². The number of hydrogen-bond donors (Lipinski definition) is 4. The summed E-state index contributed by atoms with van der Waals surface area (Å²) >= 11 is 0. The molecule has 4 N–H and O–H groups in total. The van der Waals surface area contributed by atoms with Crippen LogP contribution in [0, 0.1) is 5.82 Å². The molecule has 0 radical (unpaired) electrons. The first-order valence-corrected chi connectivity index (χ1v) is 10.5. The molecule has 4 aromatic rings. The molecule has 0 aliphatic rings. The van der Waals surface area contributed by atoms with Gasteiger partial charge in [-0.25, -0.2) is 9.37 Å². The molecule has 186 valence electrons. The Morgan fingerprint density at radius 1 is 1.06 bits per heavy atom. The van der Waals surface area contributed by atoms with Gasteiger partial charge in [0.25, 0.3) is 5.91 Å². The van der Waals surface area contributed by atoms with Crippen LogP contribution in [0.4, 0.5) is 23.2 Å². The van der Waals surface area contributed by atoms with Gasteiger partial charge in [0.05, 0.1) is 5.69 Å². The van der Waals surface area contributed by atoms with Crippen LogP contribution in [0.15, 0.2) is 66.9 Å². The number of anilines is 1. The Bertz CT molecular complexity index is 1360. The standard InChI is InChI=1S/C24H19F4N5O3/c1-29-21(34)18-12-17(10-11-30-18)36-16-8-6-15(7-9-16)31-22(35)20-19(13-2-4-14(25)5-3-13)32-23(33-20)24(26,27)28/h2-12,22,31,35H,1H3,(H,29,34)(H,32,33). The summed E-state index contributed by atoms with van der Waals surface area (Å²) in [5.41, 5.74) is 0.329. The van der Waals surface area contributed by atoms with Gasteiger partial charge < -0.3 is 25.5 Å². The summed E-state index contributed by atoms with van der Waals surface area (Å²) in [5.74, 6) is -1.47. The first-order chi connectivity index (χ1) is 17.1. The third-order valence-corrected chi connectivity index (χ3v) is 4.98. The SMILES string of the molecule is CNC(=O)c1cc(Oc2ccc(NC(O)c3nc(C(F)(F)F)[nH]c3-c3ccc(F)cc3)cc2)ccn1. The second-order valence-electron chi connectivity index (χ2n) is 7.48. The predicted molar refractivity (Wildman–Crippen MR) is 122 cm³/mol. The number of aromatic amines is 1. The summed E-state index contributed by atoms with van der Waals surface area (Å²) in [5, 5.41) is 15.8. The number of pyridine rings is 1. The minimum atomic E-state index is -4.78. The average molecular weight is 501 g/mol. The number of H-pyrrole nitrogens is 1. The van der Waals surface area contributed by atoms with E-state index >= 15 is 0 Å². The highest BCUT2D eigenvalue weighted by Gasteiger charge is 2.37. The van der Waals surface area contributed by atoms with Crippen molar-refractivity contribution in [3.63, 3.8) is 0 Å². The van der Waals surface area contributed by atoms with E-state index < -0.39 is 24.0 Å². The van der Waals surface area contributed by atoms with Crippen molar-refractivity contribution in [3.8, 4) is 22.8 Å². The second kappa shape index (κ2) is 10.0. The van der Waals surface area contributed by atoms with Gasteiger partial charge in [0, 0.05) is 30.6 Å². The lowest BCUT2D eigenvalue weighted by atomic mass is 10.1. The fourth-order valence-electron chi connectivity index (χ4n) is 3.26. The maximum atomic E-state index is 13.3. The molecule has 0 spiro atoms. The lowest BCUT2D eigenvalue weighted by Gasteiger charge is -2.15.